The first-order valence-corrected chi connectivity index (χ1v) is 6.77. The van der Waals surface area contributed by atoms with Crippen LogP contribution in [0.3, 0.4) is 0 Å². The predicted octanol–water partition coefficient (Wildman–Crippen LogP) is 0.473. The van der Waals surface area contributed by atoms with E-state index in [9.17, 15) is 4.79 Å². The maximum Gasteiger partial charge on any atom is 0.242 e. The van der Waals surface area contributed by atoms with Crippen molar-refractivity contribution in [3.05, 3.63) is 30.5 Å². The Bertz CT molecular complexity index is 609. The molecule has 1 fully saturated rings. The van der Waals surface area contributed by atoms with E-state index >= 15 is 0 Å². The molecular formula is C14H17N5O. The summed E-state index contributed by atoms with van der Waals surface area (Å²) in [6.07, 6.45) is 1.66. The van der Waals surface area contributed by atoms with E-state index in [4.69, 9.17) is 0 Å². The molecule has 1 aliphatic heterocycles. The lowest BCUT2D eigenvalue weighted by Crippen LogP contribution is -2.48. The van der Waals surface area contributed by atoms with E-state index in [1.54, 1.807) is 6.20 Å². The summed E-state index contributed by atoms with van der Waals surface area (Å²) in [5.41, 5.74) is 1.68. The standard InChI is InChI=1S/C14H17N5O/c20-14(19-7-5-15-6-8-19)10-17-13-9-16-11-3-1-2-4-12(11)18-13/h1-4,9,15H,5-8,10H2,(H,17,18). The van der Waals surface area contributed by atoms with Crippen molar-refractivity contribution < 1.29 is 4.79 Å². The van der Waals surface area contributed by atoms with Gasteiger partial charge < -0.3 is 15.5 Å². The van der Waals surface area contributed by atoms with Crippen LogP contribution in [-0.4, -0.2) is 53.5 Å². The molecule has 0 radical (unpaired) electrons. The molecule has 20 heavy (non-hydrogen) atoms. The Labute approximate surface area is 117 Å². The maximum absolute atomic E-state index is 12.0. The van der Waals surface area contributed by atoms with E-state index in [0.29, 0.717) is 5.82 Å². The average molecular weight is 271 g/mol. The number of carbonyl (C=O) groups excluding carboxylic acids is 1. The molecule has 1 aromatic carbocycles. The van der Waals surface area contributed by atoms with Gasteiger partial charge in [0, 0.05) is 26.2 Å². The lowest BCUT2D eigenvalue weighted by molar-refractivity contribution is -0.129. The number of piperazine rings is 1. The number of rotatable bonds is 3. The van der Waals surface area contributed by atoms with E-state index in [0.717, 1.165) is 37.2 Å². The van der Waals surface area contributed by atoms with Crippen LogP contribution < -0.4 is 10.6 Å². The van der Waals surface area contributed by atoms with Gasteiger partial charge in [0.15, 0.2) is 0 Å². The summed E-state index contributed by atoms with van der Waals surface area (Å²) in [5, 5.41) is 6.28. The topological polar surface area (TPSA) is 70.2 Å². The third-order valence-electron chi connectivity index (χ3n) is 3.34. The zero-order valence-corrected chi connectivity index (χ0v) is 11.2. The van der Waals surface area contributed by atoms with Gasteiger partial charge in [-0.15, -0.1) is 0 Å². The number of hydrogen-bond donors (Lipinski definition) is 2. The van der Waals surface area contributed by atoms with E-state index in [1.165, 1.54) is 0 Å². The Hall–Kier alpha value is -2.21. The van der Waals surface area contributed by atoms with Crippen LogP contribution in [0.2, 0.25) is 0 Å². The van der Waals surface area contributed by atoms with Crippen molar-refractivity contribution in [3.8, 4) is 0 Å². The molecule has 6 nitrogen and oxygen atoms in total. The Kier molecular flexibility index (Phi) is 3.73. The van der Waals surface area contributed by atoms with Crippen molar-refractivity contribution in [2.45, 2.75) is 0 Å². The number of anilines is 1. The molecule has 2 heterocycles. The summed E-state index contributed by atoms with van der Waals surface area (Å²) in [5.74, 6) is 0.730. The van der Waals surface area contributed by atoms with Gasteiger partial charge in [0.2, 0.25) is 5.91 Å². The van der Waals surface area contributed by atoms with Crippen LogP contribution in [0.5, 0.6) is 0 Å². The van der Waals surface area contributed by atoms with Crippen molar-refractivity contribution in [1.82, 2.24) is 20.2 Å². The van der Waals surface area contributed by atoms with Crippen molar-refractivity contribution in [2.75, 3.05) is 38.0 Å². The molecule has 0 aliphatic carbocycles. The summed E-state index contributed by atoms with van der Waals surface area (Å²) in [4.78, 5) is 22.6. The number of nitrogens with zero attached hydrogens (tertiary/aromatic N) is 3. The molecule has 2 N–H and O–H groups in total. The molecule has 6 heteroatoms. The van der Waals surface area contributed by atoms with Gasteiger partial charge in [-0.2, -0.15) is 0 Å². The fourth-order valence-corrected chi connectivity index (χ4v) is 2.23. The lowest BCUT2D eigenvalue weighted by Gasteiger charge is -2.27. The predicted molar refractivity (Wildman–Crippen MR) is 77.5 cm³/mol. The SMILES string of the molecule is O=C(CNc1cnc2ccccc2n1)N1CCNCC1. The number of carbonyl (C=O) groups is 1. The molecule has 1 aromatic heterocycles. The molecule has 0 bridgehead atoms. The van der Waals surface area contributed by atoms with Crippen LogP contribution >= 0.6 is 0 Å². The molecule has 0 unspecified atom stereocenters. The number of benzene rings is 1. The fraction of sp³-hybridized carbons (Fsp3) is 0.357. The second-order valence-corrected chi connectivity index (χ2v) is 4.73. The Morgan fingerprint density at radius 3 is 2.80 bits per heavy atom. The first-order valence-electron chi connectivity index (χ1n) is 6.77. The molecule has 2 aromatic rings. The molecule has 0 atom stereocenters. The minimum Gasteiger partial charge on any atom is -0.360 e. The first-order chi connectivity index (χ1) is 9.83. The zero-order valence-electron chi connectivity index (χ0n) is 11.2. The van der Waals surface area contributed by atoms with Crippen LogP contribution in [0.4, 0.5) is 5.82 Å². The van der Waals surface area contributed by atoms with E-state index in [-0.39, 0.29) is 12.5 Å². The minimum absolute atomic E-state index is 0.0986. The highest BCUT2D eigenvalue weighted by molar-refractivity contribution is 5.81. The van der Waals surface area contributed by atoms with Gasteiger partial charge in [-0.25, -0.2) is 4.98 Å². The maximum atomic E-state index is 12.0. The normalized spacial score (nSPS) is 15.3. The molecule has 1 aliphatic rings. The number of para-hydroxylation sites is 2. The first kappa shape index (κ1) is 12.8. The number of fused-ring (bicyclic) bond motifs is 1. The Morgan fingerprint density at radius 1 is 1.25 bits per heavy atom. The summed E-state index contributed by atoms with van der Waals surface area (Å²) in [6, 6.07) is 7.67. The monoisotopic (exact) mass is 271 g/mol. The van der Waals surface area contributed by atoms with Crippen LogP contribution in [0, 0.1) is 0 Å². The van der Waals surface area contributed by atoms with Crippen molar-refractivity contribution in [1.29, 1.82) is 0 Å². The Balaban J connectivity index is 1.62. The highest BCUT2D eigenvalue weighted by atomic mass is 16.2. The van der Waals surface area contributed by atoms with Gasteiger partial charge in [-0.1, -0.05) is 12.1 Å². The van der Waals surface area contributed by atoms with Crippen molar-refractivity contribution in [2.24, 2.45) is 0 Å². The van der Waals surface area contributed by atoms with Crippen LogP contribution in [-0.2, 0) is 4.79 Å². The second kappa shape index (κ2) is 5.83. The third-order valence-corrected chi connectivity index (χ3v) is 3.34. The molecular weight excluding hydrogens is 254 g/mol. The van der Waals surface area contributed by atoms with Crippen LogP contribution in [0.15, 0.2) is 30.5 Å². The summed E-state index contributed by atoms with van der Waals surface area (Å²) in [6.45, 7) is 3.52. The lowest BCUT2D eigenvalue weighted by atomic mass is 10.3. The van der Waals surface area contributed by atoms with Crippen molar-refractivity contribution in [3.63, 3.8) is 0 Å². The van der Waals surface area contributed by atoms with Gasteiger partial charge in [0.25, 0.3) is 0 Å². The van der Waals surface area contributed by atoms with Gasteiger partial charge in [-0.3, -0.25) is 9.78 Å². The van der Waals surface area contributed by atoms with Crippen LogP contribution in [0.25, 0.3) is 11.0 Å². The number of aromatic nitrogens is 2. The molecule has 1 amide bonds. The fourth-order valence-electron chi connectivity index (χ4n) is 2.23. The number of nitrogens with one attached hydrogen (secondary N) is 2. The van der Waals surface area contributed by atoms with Crippen molar-refractivity contribution >= 4 is 22.8 Å². The number of amides is 1. The summed E-state index contributed by atoms with van der Waals surface area (Å²) < 4.78 is 0. The van der Waals surface area contributed by atoms with Gasteiger partial charge in [0.1, 0.15) is 5.82 Å². The highest BCUT2D eigenvalue weighted by Gasteiger charge is 2.15. The second-order valence-electron chi connectivity index (χ2n) is 4.73. The molecule has 0 spiro atoms. The van der Waals surface area contributed by atoms with Gasteiger partial charge >= 0.3 is 0 Å². The van der Waals surface area contributed by atoms with Gasteiger partial charge in [-0.05, 0) is 12.1 Å². The average Bonchev–Trinajstić information content (AvgIpc) is 2.53. The molecule has 1 saturated heterocycles. The molecule has 104 valence electrons. The smallest absolute Gasteiger partial charge is 0.242 e. The van der Waals surface area contributed by atoms with Gasteiger partial charge in [0.05, 0.1) is 23.8 Å². The largest absolute Gasteiger partial charge is 0.360 e. The van der Waals surface area contributed by atoms with E-state index in [2.05, 4.69) is 20.6 Å². The van der Waals surface area contributed by atoms with Crippen LogP contribution in [0.1, 0.15) is 0 Å². The van der Waals surface area contributed by atoms with E-state index < -0.39 is 0 Å². The molecule has 0 saturated carbocycles. The minimum atomic E-state index is 0.0986. The Morgan fingerprint density at radius 2 is 2.00 bits per heavy atom. The van der Waals surface area contributed by atoms with E-state index in [1.807, 2.05) is 29.2 Å². The summed E-state index contributed by atoms with van der Waals surface area (Å²) in [7, 11) is 0. The summed E-state index contributed by atoms with van der Waals surface area (Å²) >= 11 is 0. The zero-order chi connectivity index (χ0) is 13.8. The highest BCUT2D eigenvalue weighted by Crippen LogP contribution is 2.11. The number of hydrogen-bond acceptors (Lipinski definition) is 5. The quantitative estimate of drug-likeness (QED) is 0.849. The third kappa shape index (κ3) is 2.85. The molecule has 3 rings (SSSR count).